The van der Waals surface area contributed by atoms with Crippen LogP contribution in [-0.4, -0.2) is 59.5 Å². The summed E-state index contributed by atoms with van der Waals surface area (Å²) in [4.78, 5) is 40.9. The molecule has 0 bridgehead atoms. The second kappa shape index (κ2) is 8.61. The van der Waals surface area contributed by atoms with E-state index in [1.165, 1.54) is 11.8 Å². The van der Waals surface area contributed by atoms with Gasteiger partial charge in [0.25, 0.3) is 5.56 Å². The van der Waals surface area contributed by atoms with Crippen LogP contribution in [0.1, 0.15) is 18.4 Å². The number of aromatic nitrogens is 2. The van der Waals surface area contributed by atoms with Crippen LogP contribution in [0.3, 0.4) is 0 Å². The van der Waals surface area contributed by atoms with E-state index >= 15 is 0 Å². The molecule has 1 saturated carbocycles. The lowest BCUT2D eigenvalue weighted by Crippen LogP contribution is -2.56. The number of hydrogen-bond donors (Lipinski definition) is 2. The molecule has 158 valence electrons. The summed E-state index contributed by atoms with van der Waals surface area (Å²) < 4.78 is 0. The van der Waals surface area contributed by atoms with E-state index in [-0.39, 0.29) is 11.5 Å². The fraction of sp³-hybridized carbons (Fsp3) is 0.429. The summed E-state index contributed by atoms with van der Waals surface area (Å²) in [6.07, 6.45) is 3.89. The van der Waals surface area contributed by atoms with Gasteiger partial charge >= 0.3 is 0 Å². The standard InChI is InChI=1S/C21H25N5O3S/c22-20(29)21(6-7-21)17(13-27)26-10-8-25(9-11-26)16-12-23-24-19(28)18(16)30-14-15-4-2-1-3-5-15/h1-5,12-13,17H,6-11,14H2,(H2,22,29)(H,24,28). The Hall–Kier alpha value is -2.65. The van der Waals surface area contributed by atoms with Gasteiger partial charge in [-0.3, -0.25) is 14.5 Å². The molecule has 2 aromatic rings. The van der Waals surface area contributed by atoms with Crippen molar-refractivity contribution in [2.24, 2.45) is 11.1 Å². The van der Waals surface area contributed by atoms with Crippen molar-refractivity contribution in [3.63, 3.8) is 0 Å². The number of aromatic amines is 1. The van der Waals surface area contributed by atoms with Crippen molar-refractivity contribution in [2.75, 3.05) is 31.1 Å². The van der Waals surface area contributed by atoms with Gasteiger partial charge in [0, 0.05) is 31.9 Å². The fourth-order valence-electron chi connectivity index (χ4n) is 4.10. The van der Waals surface area contributed by atoms with Gasteiger partial charge in [-0.2, -0.15) is 5.10 Å². The molecule has 1 atom stereocenters. The summed E-state index contributed by atoms with van der Waals surface area (Å²) in [6, 6.07) is 9.53. The van der Waals surface area contributed by atoms with Crippen LogP contribution >= 0.6 is 11.8 Å². The lowest BCUT2D eigenvalue weighted by atomic mass is 9.94. The van der Waals surface area contributed by atoms with Crippen molar-refractivity contribution in [3.05, 3.63) is 52.4 Å². The second-order valence-corrected chi connectivity index (χ2v) is 8.80. The number of thioether (sulfide) groups is 1. The maximum atomic E-state index is 12.5. The largest absolute Gasteiger partial charge is 0.369 e. The molecule has 1 aliphatic heterocycles. The van der Waals surface area contributed by atoms with Gasteiger partial charge in [0.2, 0.25) is 5.91 Å². The molecule has 9 heteroatoms. The van der Waals surface area contributed by atoms with Crippen LogP contribution in [0.2, 0.25) is 0 Å². The van der Waals surface area contributed by atoms with E-state index in [1.807, 2.05) is 35.2 Å². The van der Waals surface area contributed by atoms with E-state index in [0.29, 0.717) is 49.7 Å². The Morgan fingerprint density at radius 3 is 2.53 bits per heavy atom. The third-order valence-electron chi connectivity index (χ3n) is 6.04. The third-order valence-corrected chi connectivity index (χ3v) is 7.20. The summed E-state index contributed by atoms with van der Waals surface area (Å²) in [7, 11) is 0. The second-order valence-electron chi connectivity index (χ2n) is 7.81. The van der Waals surface area contributed by atoms with Crippen LogP contribution in [0.15, 0.2) is 46.2 Å². The average molecular weight is 428 g/mol. The van der Waals surface area contributed by atoms with Crippen molar-refractivity contribution >= 4 is 29.6 Å². The predicted octanol–water partition coefficient (Wildman–Crippen LogP) is 1.02. The average Bonchev–Trinajstić information content (AvgIpc) is 3.57. The zero-order chi connectivity index (χ0) is 21.1. The van der Waals surface area contributed by atoms with Crippen LogP contribution in [0.5, 0.6) is 0 Å². The number of rotatable bonds is 8. The Labute approximate surface area is 178 Å². The zero-order valence-corrected chi connectivity index (χ0v) is 17.4. The summed E-state index contributed by atoms with van der Waals surface area (Å²) >= 11 is 1.49. The SMILES string of the molecule is NC(=O)C1(C(C=O)N2CCN(c3cn[nH]c(=O)c3SCc3ccccc3)CC2)CC1. The lowest BCUT2D eigenvalue weighted by molar-refractivity contribution is -0.130. The Morgan fingerprint density at radius 1 is 1.23 bits per heavy atom. The molecule has 1 saturated heterocycles. The van der Waals surface area contributed by atoms with Gasteiger partial charge in [0.1, 0.15) is 6.29 Å². The predicted molar refractivity (Wildman–Crippen MR) is 115 cm³/mol. The topological polar surface area (TPSA) is 112 Å². The van der Waals surface area contributed by atoms with E-state index in [4.69, 9.17) is 5.73 Å². The molecular weight excluding hydrogens is 402 g/mol. The molecule has 3 N–H and O–H groups in total. The van der Waals surface area contributed by atoms with Crippen molar-refractivity contribution in [2.45, 2.75) is 29.5 Å². The van der Waals surface area contributed by atoms with E-state index in [2.05, 4.69) is 15.1 Å². The lowest BCUT2D eigenvalue weighted by Gasteiger charge is -2.40. The number of piperazine rings is 1. The highest BCUT2D eigenvalue weighted by Gasteiger charge is 2.56. The van der Waals surface area contributed by atoms with Crippen molar-refractivity contribution in [3.8, 4) is 0 Å². The molecule has 1 aromatic carbocycles. The molecule has 30 heavy (non-hydrogen) atoms. The van der Waals surface area contributed by atoms with Crippen LogP contribution in [0.25, 0.3) is 0 Å². The number of anilines is 1. The first kappa shape index (κ1) is 20.6. The molecule has 4 rings (SSSR count). The van der Waals surface area contributed by atoms with Crippen molar-refractivity contribution < 1.29 is 9.59 Å². The number of aldehydes is 1. The Morgan fingerprint density at radius 2 is 1.93 bits per heavy atom. The Balaban J connectivity index is 1.46. The highest BCUT2D eigenvalue weighted by Crippen LogP contribution is 2.49. The third kappa shape index (κ3) is 3.99. The molecule has 0 radical (unpaired) electrons. The number of carbonyl (C=O) groups excluding carboxylic acids is 2. The fourth-order valence-corrected chi connectivity index (χ4v) is 5.11. The number of benzene rings is 1. The summed E-state index contributed by atoms with van der Waals surface area (Å²) in [5.74, 6) is 0.301. The van der Waals surface area contributed by atoms with Crippen molar-refractivity contribution in [1.29, 1.82) is 0 Å². The monoisotopic (exact) mass is 427 g/mol. The molecule has 1 aliphatic carbocycles. The minimum absolute atomic E-state index is 0.202. The number of carbonyl (C=O) groups is 2. The Kier molecular flexibility index (Phi) is 5.92. The number of nitrogens with zero attached hydrogens (tertiary/aromatic N) is 3. The van der Waals surface area contributed by atoms with Crippen LogP contribution in [0.4, 0.5) is 5.69 Å². The van der Waals surface area contributed by atoms with Gasteiger partial charge in [-0.25, -0.2) is 5.10 Å². The first-order chi connectivity index (χ1) is 14.5. The van der Waals surface area contributed by atoms with Gasteiger partial charge in [-0.05, 0) is 18.4 Å². The van der Waals surface area contributed by atoms with Crippen LogP contribution in [0, 0.1) is 5.41 Å². The smallest absolute Gasteiger partial charge is 0.279 e. The zero-order valence-electron chi connectivity index (χ0n) is 16.6. The minimum atomic E-state index is -0.702. The summed E-state index contributed by atoms with van der Waals surface area (Å²) in [5.41, 5.74) is 6.61. The maximum absolute atomic E-state index is 12.5. The molecule has 2 aliphatic rings. The minimum Gasteiger partial charge on any atom is -0.369 e. The Bertz CT molecular complexity index is 968. The molecule has 2 fully saturated rings. The van der Waals surface area contributed by atoms with Gasteiger partial charge in [-0.1, -0.05) is 30.3 Å². The quantitative estimate of drug-likeness (QED) is 0.478. The number of nitrogens with one attached hydrogen (secondary N) is 1. The highest BCUT2D eigenvalue weighted by molar-refractivity contribution is 7.98. The molecule has 1 aromatic heterocycles. The normalized spacial score (nSPS) is 19.3. The van der Waals surface area contributed by atoms with E-state index in [1.54, 1.807) is 6.20 Å². The molecular formula is C21H25N5O3S. The molecule has 0 spiro atoms. The van der Waals surface area contributed by atoms with Crippen LogP contribution < -0.4 is 16.2 Å². The van der Waals surface area contributed by atoms with E-state index < -0.39 is 11.5 Å². The van der Waals surface area contributed by atoms with Crippen LogP contribution in [-0.2, 0) is 15.3 Å². The highest BCUT2D eigenvalue weighted by atomic mass is 32.2. The van der Waals surface area contributed by atoms with E-state index in [9.17, 15) is 14.4 Å². The first-order valence-electron chi connectivity index (χ1n) is 10.0. The number of H-pyrrole nitrogens is 1. The maximum Gasteiger partial charge on any atom is 0.279 e. The number of primary amides is 1. The van der Waals surface area contributed by atoms with Crippen molar-refractivity contribution in [1.82, 2.24) is 15.1 Å². The van der Waals surface area contributed by atoms with Gasteiger partial charge in [-0.15, -0.1) is 11.8 Å². The number of hydrogen-bond acceptors (Lipinski definition) is 7. The number of amides is 1. The summed E-state index contributed by atoms with van der Waals surface area (Å²) in [6.45, 7) is 2.52. The number of nitrogens with two attached hydrogens (primary N) is 1. The van der Waals surface area contributed by atoms with Gasteiger partial charge < -0.3 is 15.4 Å². The molecule has 1 amide bonds. The molecule has 8 nitrogen and oxygen atoms in total. The van der Waals surface area contributed by atoms with Gasteiger partial charge in [0.05, 0.1) is 28.2 Å². The van der Waals surface area contributed by atoms with E-state index in [0.717, 1.165) is 17.5 Å². The van der Waals surface area contributed by atoms with Gasteiger partial charge in [0.15, 0.2) is 0 Å². The molecule has 1 unspecified atom stereocenters. The molecule has 2 heterocycles. The summed E-state index contributed by atoms with van der Waals surface area (Å²) in [5, 5.41) is 6.53. The first-order valence-corrected chi connectivity index (χ1v) is 11.0.